The highest BCUT2D eigenvalue weighted by Gasteiger charge is 2.35. The molecule has 2 fully saturated rings. The number of carboxylic acids is 1. The minimum absolute atomic E-state index is 0.0626. The number of rotatable bonds is 5. The van der Waals surface area contributed by atoms with Crippen molar-refractivity contribution in [2.24, 2.45) is 5.92 Å². The van der Waals surface area contributed by atoms with Gasteiger partial charge >= 0.3 is 5.97 Å². The lowest BCUT2D eigenvalue weighted by atomic mass is 9.79. The van der Waals surface area contributed by atoms with E-state index in [1.54, 1.807) is 16.9 Å². The monoisotopic (exact) mass is 496 g/mol. The number of nitriles is 1. The standard InChI is InChI=1S/C28H25FN6O2/c29-20-12-19(13-20)26-25-22(18-6-7-24(31-16-18)34-10-8-17(15-30)9-11-34)14-23(28(36)37)32-27(25)35(33-26)21-4-2-1-3-5-21/h1-7,14,16-17,19-20H,8-13H2,(H,36,37). The molecule has 6 rings (SSSR count). The number of halogens is 1. The highest BCUT2D eigenvalue weighted by molar-refractivity contribution is 6.00. The summed E-state index contributed by atoms with van der Waals surface area (Å²) < 4.78 is 15.5. The van der Waals surface area contributed by atoms with Gasteiger partial charge in [-0.1, -0.05) is 18.2 Å². The van der Waals surface area contributed by atoms with Crippen LogP contribution in [0.15, 0.2) is 54.7 Å². The Balaban J connectivity index is 1.48. The van der Waals surface area contributed by atoms with Crippen LogP contribution in [0.4, 0.5) is 10.2 Å². The lowest BCUT2D eigenvalue weighted by Gasteiger charge is -2.30. The molecule has 186 valence electrons. The molecule has 1 saturated heterocycles. The van der Waals surface area contributed by atoms with Gasteiger partial charge in [0.1, 0.15) is 12.0 Å². The molecule has 1 N–H and O–H groups in total. The molecule has 2 aliphatic rings. The van der Waals surface area contributed by atoms with Crippen molar-refractivity contribution in [3.63, 3.8) is 0 Å². The summed E-state index contributed by atoms with van der Waals surface area (Å²) in [5, 5.41) is 24.6. The van der Waals surface area contributed by atoms with E-state index in [1.165, 1.54) is 0 Å². The van der Waals surface area contributed by atoms with E-state index in [1.807, 2.05) is 42.5 Å². The molecule has 9 heteroatoms. The Morgan fingerprint density at radius 3 is 2.49 bits per heavy atom. The van der Waals surface area contributed by atoms with Gasteiger partial charge in [0, 0.05) is 36.7 Å². The predicted molar refractivity (Wildman–Crippen MR) is 136 cm³/mol. The van der Waals surface area contributed by atoms with Gasteiger partial charge in [0.15, 0.2) is 11.3 Å². The van der Waals surface area contributed by atoms with Gasteiger partial charge in [-0.05, 0) is 61.6 Å². The number of alkyl halides is 1. The van der Waals surface area contributed by atoms with Crippen LogP contribution in [0.2, 0.25) is 0 Å². The zero-order valence-corrected chi connectivity index (χ0v) is 20.1. The summed E-state index contributed by atoms with van der Waals surface area (Å²) in [7, 11) is 0. The van der Waals surface area contributed by atoms with Gasteiger partial charge in [-0.3, -0.25) is 0 Å². The van der Waals surface area contributed by atoms with Crippen molar-refractivity contribution < 1.29 is 14.3 Å². The number of pyridine rings is 2. The van der Waals surface area contributed by atoms with E-state index in [0.717, 1.165) is 54.1 Å². The van der Waals surface area contributed by atoms with E-state index in [4.69, 9.17) is 5.10 Å². The summed E-state index contributed by atoms with van der Waals surface area (Å²) in [4.78, 5) is 23.4. The zero-order valence-electron chi connectivity index (χ0n) is 20.1. The first-order valence-corrected chi connectivity index (χ1v) is 12.5. The molecule has 8 nitrogen and oxygen atoms in total. The summed E-state index contributed by atoms with van der Waals surface area (Å²) in [6.07, 6.45) is 3.28. The molecule has 0 amide bonds. The molecule has 1 aliphatic heterocycles. The SMILES string of the molecule is N#CC1CCN(c2ccc(-c3cc(C(=O)O)nc4c3c(C3CC(F)C3)nn4-c3ccccc3)cn2)CC1. The molecule has 0 spiro atoms. The molecule has 3 aromatic heterocycles. The molecular formula is C28H25FN6O2. The van der Waals surface area contributed by atoms with Crippen LogP contribution in [0, 0.1) is 17.2 Å². The fourth-order valence-corrected chi connectivity index (χ4v) is 5.26. The van der Waals surface area contributed by atoms with Crippen LogP contribution in [0.3, 0.4) is 0 Å². The Labute approximate surface area is 213 Å². The van der Waals surface area contributed by atoms with E-state index in [-0.39, 0.29) is 17.5 Å². The Bertz CT molecular complexity index is 1500. The molecule has 0 unspecified atom stereocenters. The van der Waals surface area contributed by atoms with Crippen molar-refractivity contribution >= 4 is 22.8 Å². The first kappa shape index (κ1) is 23.1. The first-order valence-electron chi connectivity index (χ1n) is 12.5. The number of aromatic carboxylic acids is 1. The minimum atomic E-state index is -1.14. The molecule has 37 heavy (non-hydrogen) atoms. The van der Waals surface area contributed by atoms with Crippen LogP contribution in [-0.2, 0) is 0 Å². The number of piperidine rings is 1. The highest BCUT2D eigenvalue weighted by atomic mass is 19.1. The summed E-state index contributed by atoms with van der Waals surface area (Å²) in [6, 6.07) is 17.2. The number of para-hydroxylation sites is 1. The average molecular weight is 497 g/mol. The maximum atomic E-state index is 13.9. The third-order valence-electron chi connectivity index (χ3n) is 7.41. The number of anilines is 1. The van der Waals surface area contributed by atoms with E-state index in [2.05, 4.69) is 20.9 Å². The number of nitrogens with zero attached hydrogens (tertiary/aromatic N) is 6. The van der Waals surface area contributed by atoms with Gasteiger partial charge in [0.05, 0.1) is 22.8 Å². The molecule has 1 saturated carbocycles. The fourth-order valence-electron chi connectivity index (χ4n) is 5.26. The quantitative estimate of drug-likeness (QED) is 0.408. The lowest BCUT2D eigenvalue weighted by molar-refractivity contribution is 0.0691. The number of benzene rings is 1. The number of hydrogen-bond acceptors (Lipinski definition) is 6. The molecule has 0 bridgehead atoms. The van der Waals surface area contributed by atoms with E-state index < -0.39 is 12.1 Å². The Hall–Kier alpha value is -4.32. The smallest absolute Gasteiger partial charge is 0.354 e. The van der Waals surface area contributed by atoms with E-state index in [0.29, 0.717) is 24.1 Å². The number of aromatic nitrogens is 4. The van der Waals surface area contributed by atoms with Crippen LogP contribution in [-0.4, -0.2) is 50.1 Å². The molecule has 1 aromatic carbocycles. The second-order valence-corrected chi connectivity index (χ2v) is 9.75. The summed E-state index contributed by atoms with van der Waals surface area (Å²) in [6.45, 7) is 1.54. The van der Waals surface area contributed by atoms with Crippen molar-refractivity contribution in [2.75, 3.05) is 18.0 Å². The van der Waals surface area contributed by atoms with Crippen molar-refractivity contribution in [3.8, 4) is 22.9 Å². The summed E-state index contributed by atoms with van der Waals surface area (Å²) in [5.41, 5.74) is 3.24. The maximum absolute atomic E-state index is 13.9. The minimum Gasteiger partial charge on any atom is -0.477 e. The Kier molecular flexibility index (Phi) is 5.80. The lowest BCUT2D eigenvalue weighted by Crippen LogP contribution is -2.33. The maximum Gasteiger partial charge on any atom is 0.354 e. The van der Waals surface area contributed by atoms with Gasteiger partial charge in [0.2, 0.25) is 0 Å². The molecular weight excluding hydrogens is 471 g/mol. The van der Waals surface area contributed by atoms with Crippen LogP contribution in [0.1, 0.15) is 47.8 Å². The topological polar surface area (TPSA) is 108 Å². The number of carboxylic acid groups (broad SMARTS) is 1. The molecule has 4 heterocycles. The molecule has 0 atom stereocenters. The zero-order chi connectivity index (χ0) is 25.5. The molecule has 0 radical (unpaired) electrons. The third kappa shape index (κ3) is 4.18. The predicted octanol–water partition coefficient (Wildman–Crippen LogP) is 5.14. The van der Waals surface area contributed by atoms with Crippen molar-refractivity contribution in [2.45, 2.75) is 37.8 Å². The second kappa shape index (κ2) is 9.28. The van der Waals surface area contributed by atoms with Crippen LogP contribution in [0.5, 0.6) is 0 Å². The van der Waals surface area contributed by atoms with Crippen LogP contribution in [0.25, 0.3) is 27.8 Å². The number of carbonyl (C=O) groups is 1. The summed E-state index contributed by atoms with van der Waals surface area (Å²) in [5.74, 6) is -0.288. The Morgan fingerprint density at radius 1 is 1.11 bits per heavy atom. The van der Waals surface area contributed by atoms with Crippen molar-refractivity contribution in [3.05, 3.63) is 66.1 Å². The first-order chi connectivity index (χ1) is 18.0. The summed E-state index contributed by atoms with van der Waals surface area (Å²) >= 11 is 0. The van der Waals surface area contributed by atoms with Crippen molar-refractivity contribution in [1.29, 1.82) is 5.26 Å². The molecule has 4 aromatic rings. The van der Waals surface area contributed by atoms with Gasteiger partial charge in [0.25, 0.3) is 0 Å². The third-order valence-corrected chi connectivity index (χ3v) is 7.41. The normalized spacial score (nSPS) is 19.9. The van der Waals surface area contributed by atoms with Gasteiger partial charge < -0.3 is 10.0 Å². The number of fused-ring (bicyclic) bond motifs is 1. The van der Waals surface area contributed by atoms with Crippen molar-refractivity contribution in [1.82, 2.24) is 19.7 Å². The molecule has 1 aliphatic carbocycles. The van der Waals surface area contributed by atoms with E-state index >= 15 is 0 Å². The van der Waals surface area contributed by atoms with Crippen LogP contribution >= 0.6 is 0 Å². The highest BCUT2D eigenvalue weighted by Crippen LogP contribution is 2.44. The largest absolute Gasteiger partial charge is 0.477 e. The number of hydrogen-bond donors (Lipinski definition) is 1. The second-order valence-electron chi connectivity index (χ2n) is 9.75. The van der Waals surface area contributed by atoms with Gasteiger partial charge in [-0.15, -0.1) is 0 Å². The van der Waals surface area contributed by atoms with E-state index in [9.17, 15) is 19.6 Å². The van der Waals surface area contributed by atoms with Gasteiger partial charge in [-0.25, -0.2) is 23.8 Å². The van der Waals surface area contributed by atoms with Gasteiger partial charge in [-0.2, -0.15) is 10.4 Å². The Morgan fingerprint density at radius 2 is 1.86 bits per heavy atom. The van der Waals surface area contributed by atoms with Crippen LogP contribution < -0.4 is 4.90 Å². The fraction of sp³-hybridized carbons (Fsp3) is 0.321. The average Bonchev–Trinajstić information content (AvgIpc) is 3.30.